The summed E-state index contributed by atoms with van der Waals surface area (Å²) in [5, 5.41) is 19.2. The number of aliphatic hydroxyl groups is 1. The molecule has 1 aromatic carbocycles. The van der Waals surface area contributed by atoms with E-state index in [1.54, 1.807) is 0 Å². The third kappa shape index (κ3) is 3.45. The quantitative estimate of drug-likeness (QED) is 0.869. The molecule has 1 rings (SSSR count). The van der Waals surface area contributed by atoms with Crippen LogP contribution in [0.5, 0.6) is 5.75 Å². The number of hydrogen-bond donors (Lipinski definition) is 2. The van der Waals surface area contributed by atoms with Gasteiger partial charge < -0.3 is 10.2 Å². The van der Waals surface area contributed by atoms with Crippen molar-refractivity contribution >= 4 is 0 Å². The van der Waals surface area contributed by atoms with Gasteiger partial charge in [0.25, 0.3) is 0 Å². The Labute approximate surface area is 117 Å². The third-order valence-corrected chi connectivity index (χ3v) is 3.42. The van der Waals surface area contributed by atoms with Gasteiger partial charge in [-0.25, -0.2) is 0 Å². The van der Waals surface area contributed by atoms with Gasteiger partial charge in [0.15, 0.2) is 0 Å². The molecule has 0 bridgehead atoms. The van der Waals surface area contributed by atoms with Crippen molar-refractivity contribution in [3.63, 3.8) is 0 Å². The van der Waals surface area contributed by atoms with Crippen molar-refractivity contribution < 1.29 is 23.4 Å². The van der Waals surface area contributed by atoms with Crippen LogP contribution in [-0.4, -0.2) is 23.0 Å². The van der Waals surface area contributed by atoms with Crippen molar-refractivity contribution in [3.05, 3.63) is 28.8 Å². The number of phenolic OH excluding ortho intramolecular Hbond substituents is 1. The van der Waals surface area contributed by atoms with Crippen LogP contribution in [0.3, 0.4) is 0 Å². The Morgan fingerprint density at radius 3 is 1.65 bits per heavy atom. The zero-order valence-electron chi connectivity index (χ0n) is 12.1. The van der Waals surface area contributed by atoms with Gasteiger partial charge in [0.2, 0.25) is 0 Å². The minimum absolute atomic E-state index is 0.00481. The fourth-order valence-electron chi connectivity index (χ4n) is 2.18. The minimum atomic E-state index is -4.51. The van der Waals surface area contributed by atoms with Crippen LogP contribution in [0.25, 0.3) is 0 Å². The molecule has 0 amide bonds. The molecular weight excluding hydrogens is 269 g/mol. The SMILES string of the molecule is CC(C)c1cc(C(CO)C(F)(F)F)cc(C(C)C)c1O. The lowest BCUT2D eigenvalue weighted by Crippen LogP contribution is -2.24. The zero-order chi connectivity index (χ0) is 15.7. The number of benzene rings is 1. The van der Waals surface area contributed by atoms with E-state index in [1.165, 1.54) is 12.1 Å². The van der Waals surface area contributed by atoms with Crippen LogP contribution in [0.4, 0.5) is 13.2 Å². The van der Waals surface area contributed by atoms with E-state index in [0.717, 1.165) is 0 Å². The molecule has 0 saturated carbocycles. The van der Waals surface area contributed by atoms with Crippen LogP contribution < -0.4 is 0 Å². The predicted molar refractivity (Wildman–Crippen MR) is 72.2 cm³/mol. The van der Waals surface area contributed by atoms with Crippen molar-refractivity contribution in [3.8, 4) is 5.75 Å². The first-order valence-electron chi connectivity index (χ1n) is 6.63. The van der Waals surface area contributed by atoms with E-state index in [9.17, 15) is 18.3 Å². The molecule has 2 N–H and O–H groups in total. The largest absolute Gasteiger partial charge is 0.507 e. The van der Waals surface area contributed by atoms with Gasteiger partial charge >= 0.3 is 6.18 Å². The van der Waals surface area contributed by atoms with E-state index in [0.29, 0.717) is 11.1 Å². The maximum absolute atomic E-state index is 12.9. The normalized spacial score (nSPS) is 14.1. The molecule has 0 radical (unpaired) electrons. The van der Waals surface area contributed by atoms with Crippen molar-refractivity contribution in [2.75, 3.05) is 6.61 Å². The lowest BCUT2D eigenvalue weighted by molar-refractivity contribution is -0.158. The highest BCUT2D eigenvalue weighted by atomic mass is 19.4. The molecule has 2 nitrogen and oxygen atoms in total. The molecular formula is C15H21F3O2. The molecule has 0 aliphatic rings. The van der Waals surface area contributed by atoms with Crippen LogP contribution in [0.1, 0.15) is 62.1 Å². The third-order valence-electron chi connectivity index (χ3n) is 3.42. The predicted octanol–water partition coefficient (Wildman–Crippen LogP) is 4.28. The Bertz CT molecular complexity index is 436. The molecule has 5 heteroatoms. The van der Waals surface area contributed by atoms with Gasteiger partial charge in [0.1, 0.15) is 11.7 Å². The first-order chi connectivity index (χ1) is 9.09. The smallest absolute Gasteiger partial charge is 0.397 e. The summed E-state index contributed by atoms with van der Waals surface area (Å²) >= 11 is 0. The Morgan fingerprint density at radius 1 is 1.00 bits per heavy atom. The van der Waals surface area contributed by atoms with Gasteiger partial charge in [-0.1, -0.05) is 39.8 Å². The van der Waals surface area contributed by atoms with E-state index in [4.69, 9.17) is 5.11 Å². The first-order valence-corrected chi connectivity index (χ1v) is 6.63. The average Bonchev–Trinajstić information content (AvgIpc) is 2.29. The summed E-state index contributed by atoms with van der Waals surface area (Å²) in [5.74, 6) is -2.06. The summed E-state index contributed by atoms with van der Waals surface area (Å²) in [6.07, 6.45) is -4.51. The summed E-state index contributed by atoms with van der Waals surface area (Å²) in [6.45, 7) is 6.24. The Balaban J connectivity index is 3.48. The number of aliphatic hydroxyl groups excluding tert-OH is 1. The van der Waals surface area contributed by atoms with Crippen molar-refractivity contribution in [2.24, 2.45) is 0 Å². The summed E-state index contributed by atoms with van der Waals surface area (Å²) < 4.78 is 38.8. The number of alkyl halides is 3. The van der Waals surface area contributed by atoms with Gasteiger partial charge in [0.05, 0.1) is 6.61 Å². The highest BCUT2D eigenvalue weighted by Crippen LogP contribution is 2.41. The molecule has 20 heavy (non-hydrogen) atoms. The maximum atomic E-state index is 12.9. The summed E-state index contributed by atoms with van der Waals surface area (Å²) in [7, 11) is 0. The summed E-state index contributed by atoms with van der Waals surface area (Å²) in [6, 6.07) is 2.69. The van der Waals surface area contributed by atoms with Gasteiger partial charge in [0, 0.05) is 0 Å². The molecule has 0 aliphatic heterocycles. The van der Waals surface area contributed by atoms with Crippen LogP contribution in [0, 0.1) is 0 Å². The van der Waals surface area contributed by atoms with E-state index >= 15 is 0 Å². The summed E-state index contributed by atoms with van der Waals surface area (Å²) in [5.41, 5.74) is 0.966. The molecule has 0 fully saturated rings. The second-order valence-corrected chi connectivity index (χ2v) is 5.63. The Morgan fingerprint density at radius 2 is 1.40 bits per heavy atom. The lowest BCUT2D eigenvalue weighted by atomic mass is 9.87. The molecule has 1 aromatic rings. The van der Waals surface area contributed by atoms with Crippen LogP contribution in [-0.2, 0) is 0 Å². The second-order valence-electron chi connectivity index (χ2n) is 5.63. The molecule has 0 heterocycles. The molecule has 0 aromatic heterocycles. The monoisotopic (exact) mass is 290 g/mol. The van der Waals surface area contributed by atoms with Gasteiger partial charge in [-0.3, -0.25) is 0 Å². The maximum Gasteiger partial charge on any atom is 0.397 e. The highest BCUT2D eigenvalue weighted by Gasteiger charge is 2.40. The topological polar surface area (TPSA) is 40.5 Å². The van der Waals surface area contributed by atoms with Gasteiger partial charge in [-0.05, 0) is 28.5 Å². The molecule has 0 spiro atoms. The highest BCUT2D eigenvalue weighted by molar-refractivity contribution is 5.48. The second kappa shape index (κ2) is 6.04. The Hall–Kier alpha value is -1.23. The molecule has 1 unspecified atom stereocenters. The molecule has 0 saturated heterocycles. The van der Waals surface area contributed by atoms with Gasteiger partial charge in [-0.15, -0.1) is 0 Å². The molecule has 0 aliphatic carbocycles. The zero-order valence-corrected chi connectivity index (χ0v) is 12.1. The summed E-state index contributed by atoms with van der Waals surface area (Å²) in [4.78, 5) is 0. The molecule has 1 atom stereocenters. The van der Waals surface area contributed by atoms with E-state index in [1.807, 2.05) is 27.7 Å². The van der Waals surface area contributed by atoms with Crippen LogP contribution in [0.15, 0.2) is 12.1 Å². The van der Waals surface area contributed by atoms with Crippen LogP contribution >= 0.6 is 0 Å². The van der Waals surface area contributed by atoms with Crippen LogP contribution in [0.2, 0.25) is 0 Å². The average molecular weight is 290 g/mol. The van der Waals surface area contributed by atoms with Crippen molar-refractivity contribution in [2.45, 2.75) is 51.6 Å². The van der Waals surface area contributed by atoms with Gasteiger partial charge in [-0.2, -0.15) is 13.2 Å². The molecule has 114 valence electrons. The van der Waals surface area contributed by atoms with Crippen molar-refractivity contribution in [1.82, 2.24) is 0 Å². The number of hydrogen-bond acceptors (Lipinski definition) is 2. The van der Waals surface area contributed by atoms with Crippen molar-refractivity contribution in [1.29, 1.82) is 0 Å². The van der Waals surface area contributed by atoms with E-state index in [-0.39, 0.29) is 23.1 Å². The van der Waals surface area contributed by atoms with E-state index < -0.39 is 18.7 Å². The standard InChI is InChI=1S/C15H21F3O2/c1-8(2)11-5-10(13(7-19)15(16,17)18)6-12(9(3)4)14(11)20/h5-6,8-9,13,19-20H,7H2,1-4H3. The number of rotatable bonds is 4. The van der Waals surface area contributed by atoms with E-state index in [2.05, 4.69) is 0 Å². The minimum Gasteiger partial charge on any atom is -0.507 e. The lowest BCUT2D eigenvalue weighted by Gasteiger charge is -2.23. The number of halogens is 3. The Kier molecular flexibility index (Phi) is 5.08. The number of aromatic hydroxyl groups is 1. The fraction of sp³-hybridized carbons (Fsp3) is 0.600. The first kappa shape index (κ1) is 16.8. The fourth-order valence-corrected chi connectivity index (χ4v) is 2.18. The number of phenols is 1.